The van der Waals surface area contributed by atoms with Crippen molar-refractivity contribution in [3.8, 4) is 22.3 Å². The first-order valence-corrected chi connectivity index (χ1v) is 10.9. The predicted octanol–water partition coefficient (Wildman–Crippen LogP) is 0.551. The third-order valence-electron chi connectivity index (χ3n) is 4.72. The molecule has 30 heavy (non-hydrogen) atoms. The second-order valence-corrected chi connectivity index (χ2v) is 6.52. The third-order valence-corrected chi connectivity index (χ3v) is 4.72. The molecule has 0 amide bonds. The first-order valence-electron chi connectivity index (χ1n) is 9.14. The molecule has 4 heteroatoms. The molecule has 152 valence electrons. The summed E-state index contributed by atoms with van der Waals surface area (Å²) in [6.45, 7) is 2.09. The summed E-state index contributed by atoms with van der Waals surface area (Å²) < 4.78 is 16.4. The summed E-state index contributed by atoms with van der Waals surface area (Å²) in [5.41, 5.74) is 8.47. The fraction of sp³-hybridized carbons (Fsp3) is 0.0769. The van der Waals surface area contributed by atoms with Gasteiger partial charge in [-0.05, 0) is 24.1 Å². The monoisotopic (exact) mass is 512 g/mol. The van der Waals surface area contributed by atoms with E-state index in [2.05, 4.69) is 47.5 Å². The molecule has 0 saturated carbocycles. The minimum atomic E-state index is -0.204. The van der Waals surface area contributed by atoms with Crippen LogP contribution in [0.15, 0.2) is 84.9 Å². The van der Waals surface area contributed by atoms with E-state index in [0.717, 1.165) is 17.5 Å². The first-order chi connectivity index (χ1) is 13.7. The minimum Gasteiger partial charge on any atom is -1.00 e. The van der Waals surface area contributed by atoms with Crippen LogP contribution in [-0.4, -0.2) is 4.21 Å². The van der Waals surface area contributed by atoms with E-state index in [4.69, 9.17) is 0 Å². The van der Waals surface area contributed by atoms with Gasteiger partial charge >= 0.3 is 28.4 Å². The van der Waals surface area contributed by atoms with Gasteiger partial charge < -0.3 is 24.8 Å². The van der Waals surface area contributed by atoms with Crippen molar-refractivity contribution in [2.24, 2.45) is 0 Å². The van der Waals surface area contributed by atoms with Gasteiger partial charge in [0.25, 0.3) is 0 Å². The Labute approximate surface area is 205 Å². The van der Waals surface area contributed by atoms with E-state index in [1.165, 1.54) is 64.2 Å². The van der Waals surface area contributed by atoms with Crippen LogP contribution in [-0.2, 0) is 30.7 Å². The molecular weight excluding hydrogens is 493 g/mol. The van der Waals surface area contributed by atoms with E-state index < -0.39 is 0 Å². The quantitative estimate of drug-likeness (QED) is 0.287. The van der Waals surface area contributed by atoms with Gasteiger partial charge in [0.05, 0.1) is 0 Å². The van der Waals surface area contributed by atoms with Crippen LogP contribution in [0.2, 0.25) is 0 Å². The Hall–Kier alpha value is -1.73. The van der Waals surface area contributed by atoms with E-state index >= 15 is 0 Å². The van der Waals surface area contributed by atoms with Gasteiger partial charge in [-0.25, -0.2) is 16.5 Å². The topological polar surface area (TPSA) is 0 Å². The van der Waals surface area contributed by atoms with Crippen molar-refractivity contribution in [2.45, 2.75) is 13.3 Å². The summed E-state index contributed by atoms with van der Waals surface area (Å²) in [7, 11) is 0. The van der Waals surface area contributed by atoms with Crippen LogP contribution in [0.4, 0.5) is 4.39 Å². The molecule has 0 heterocycles. The van der Waals surface area contributed by atoms with Gasteiger partial charge in [-0.3, -0.25) is 0 Å². The van der Waals surface area contributed by atoms with Crippen LogP contribution < -0.4 is 24.8 Å². The smallest absolute Gasteiger partial charge is 0.172 e. The van der Waals surface area contributed by atoms with Crippen molar-refractivity contribution in [3.05, 3.63) is 114 Å². The predicted molar refractivity (Wildman–Crippen MR) is 113 cm³/mol. The SMILES string of the molecule is Cc1cc2c([c-]c1-c1ccc(F)cc1)Cc1ccccc1-2.[CH2]=[Zr+2].[Cl-].[Cl-].c1cc[cH-]c1. The summed E-state index contributed by atoms with van der Waals surface area (Å²) in [6, 6.07) is 31.0. The Kier molecular flexibility index (Phi) is 11.3. The number of rotatable bonds is 1. The Morgan fingerprint density at radius 1 is 0.900 bits per heavy atom. The maximum atomic E-state index is 13.1. The Balaban J connectivity index is 0.000000435. The summed E-state index contributed by atoms with van der Waals surface area (Å²) in [4.78, 5) is 0. The fourth-order valence-corrected chi connectivity index (χ4v) is 3.44. The van der Waals surface area contributed by atoms with Crippen molar-refractivity contribution in [1.29, 1.82) is 0 Å². The molecule has 0 bridgehead atoms. The molecule has 0 saturated heterocycles. The molecule has 0 aromatic heterocycles. The summed E-state index contributed by atoms with van der Waals surface area (Å²) in [5, 5.41) is 0. The molecule has 0 N–H and O–H groups in total. The maximum Gasteiger partial charge on any atom is -0.172 e. The second-order valence-electron chi connectivity index (χ2n) is 6.52. The van der Waals surface area contributed by atoms with E-state index in [0.29, 0.717) is 0 Å². The molecule has 0 unspecified atom stereocenters. The average molecular weight is 515 g/mol. The minimum absolute atomic E-state index is 0. The molecule has 0 radical (unpaired) electrons. The van der Waals surface area contributed by atoms with Gasteiger partial charge in [-0.15, -0.1) is 28.8 Å². The number of hydrogen-bond acceptors (Lipinski definition) is 0. The maximum absolute atomic E-state index is 13.1. The summed E-state index contributed by atoms with van der Waals surface area (Å²) >= 11 is 1.30. The van der Waals surface area contributed by atoms with Crippen LogP contribution in [0.3, 0.4) is 0 Å². The molecule has 0 nitrogen and oxygen atoms in total. The third kappa shape index (κ3) is 6.14. The van der Waals surface area contributed by atoms with Gasteiger partial charge in [-0.2, -0.15) is 18.2 Å². The van der Waals surface area contributed by atoms with Crippen molar-refractivity contribution in [1.82, 2.24) is 0 Å². The van der Waals surface area contributed by atoms with Crippen molar-refractivity contribution < 1.29 is 53.4 Å². The molecule has 1 aliphatic carbocycles. The van der Waals surface area contributed by atoms with Crippen molar-refractivity contribution in [3.63, 3.8) is 0 Å². The van der Waals surface area contributed by atoms with Crippen LogP contribution in [0.25, 0.3) is 22.3 Å². The number of halogens is 3. The molecule has 5 rings (SSSR count). The molecule has 0 fully saturated rings. The molecule has 0 aliphatic heterocycles. The van der Waals surface area contributed by atoms with Crippen LogP contribution in [0.5, 0.6) is 0 Å². The first kappa shape index (κ1) is 26.3. The van der Waals surface area contributed by atoms with Crippen LogP contribution >= 0.6 is 0 Å². The van der Waals surface area contributed by atoms with E-state index in [-0.39, 0.29) is 30.6 Å². The van der Waals surface area contributed by atoms with Gasteiger partial charge in [0.2, 0.25) is 0 Å². The van der Waals surface area contributed by atoms with Gasteiger partial charge in [0, 0.05) is 0 Å². The van der Waals surface area contributed by atoms with Crippen molar-refractivity contribution >= 4 is 4.21 Å². The summed E-state index contributed by atoms with van der Waals surface area (Å²) in [6.07, 6.45) is 0.931. The molecular formula is C26H21Cl2FZr-2. The van der Waals surface area contributed by atoms with Crippen molar-refractivity contribution in [2.75, 3.05) is 0 Å². The molecule has 0 spiro atoms. The normalized spacial score (nSPS) is 10.0. The number of aryl methyl sites for hydroxylation is 1. The molecule has 1 aliphatic rings. The molecule has 4 aromatic rings. The van der Waals surface area contributed by atoms with E-state index in [1.54, 1.807) is 0 Å². The number of fused-ring (bicyclic) bond motifs is 3. The average Bonchev–Trinajstić information content (AvgIpc) is 3.41. The molecule has 0 atom stereocenters. The molecule has 4 aromatic carbocycles. The second kappa shape index (κ2) is 12.9. The van der Waals surface area contributed by atoms with E-state index in [1.807, 2.05) is 42.5 Å². The van der Waals surface area contributed by atoms with E-state index in [9.17, 15) is 4.39 Å². The number of benzene rings is 3. The van der Waals surface area contributed by atoms with Crippen LogP contribution in [0, 0.1) is 18.8 Å². The van der Waals surface area contributed by atoms with Gasteiger partial charge in [0.15, 0.2) is 0 Å². The standard InChI is InChI=1S/C20H14F.C5H5.CH2.2ClH.Zr/c1-13-10-20-16(11-15-4-2-3-5-18(15)20)12-19(13)14-6-8-17(21)9-7-14;1-2-4-5-3-1;;;;/h2-10H,11H2,1H3;1-5H;1H2;2*1H;/q2*-1;;;;+2/p-2. The zero-order valence-corrected chi connectivity index (χ0v) is 20.6. The summed E-state index contributed by atoms with van der Waals surface area (Å²) in [5.74, 6) is -0.204. The number of hydrogen-bond donors (Lipinski definition) is 0. The Bertz CT molecular complexity index is 1020. The fourth-order valence-electron chi connectivity index (χ4n) is 3.44. The zero-order valence-electron chi connectivity index (χ0n) is 16.6. The largest absolute Gasteiger partial charge is 1.00 e. The van der Waals surface area contributed by atoms with Crippen LogP contribution in [0.1, 0.15) is 16.7 Å². The Morgan fingerprint density at radius 3 is 2.13 bits per heavy atom. The van der Waals surface area contributed by atoms with Gasteiger partial charge in [-0.1, -0.05) is 60.0 Å². The van der Waals surface area contributed by atoms with Gasteiger partial charge in [0.1, 0.15) is 5.82 Å². The zero-order chi connectivity index (χ0) is 19.9. The Morgan fingerprint density at radius 2 is 1.53 bits per heavy atom.